The second-order valence-corrected chi connectivity index (χ2v) is 5.73. The van der Waals surface area contributed by atoms with Crippen LogP contribution < -0.4 is 10.1 Å². The molecule has 2 N–H and O–H groups in total. The largest absolute Gasteiger partial charge is 0.481 e. The quantitative estimate of drug-likeness (QED) is 0.774. The summed E-state index contributed by atoms with van der Waals surface area (Å²) >= 11 is 0. The van der Waals surface area contributed by atoms with Crippen molar-refractivity contribution in [3.8, 4) is 5.75 Å². The maximum absolute atomic E-state index is 11.9. The van der Waals surface area contributed by atoms with E-state index in [9.17, 15) is 9.90 Å². The van der Waals surface area contributed by atoms with Gasteiger partial charge in [0.2, 0.25) is 0 Å². The highest BCUT2D eigenvalue weighted by Gasteiger charge is 2.14. The SMILES string of the molecule is CC[C@H](O)c1ccc(OC(C)C(=O)NCCC(C)C)cc1. The van der Waals surface area contributed by atoms with E-state index in [4.69, 9.17) is 4.74 Å². The number of ether oxygens (including phenoxy) is 1. The summed E-state index contributed by atoms with van der Waals surface area (Å²) in [4.78, 5) is 11.9. The van der Waals surface area contributed by atoms with Gasteiger partial charge in [0.05, 0.1) is 6.10 Å². The van der Waals surface area contributed by atoms with Crippen LogP contribution >= 0.6 is 0 Å². The molecule has 0 saturated heterocycles. The molecular formula is C17H27NO3. The first-order valence-corrected chi connectivity index (χ1v) is 7.66. The summed E-state index contributed by atoms with van der Waals surface area (Å²) in [7, 11) is 0. The van der Waals surface area contributed by atoms with E-state index in [2.05, 4.69) is 19.2 Å². The van der Waals surface area contributed by atoms with Gasteiger partial charge < -0.3 is 15.2 Å². The number of carbonyl (C=O) groups is 1. The maximum atomic E-state index is 11.9. The lowest BCUT2D eigenvalue weighted by Gasteiger charge is -2.16. The maximum Gasteiger partial charge on any atom is 0.260 e. The first-order chi connectivity index (χ1) is 9.93. The van der Waals surface area contributed by atoms with Crippen molar-refractivity contribution in [3.63, 3.8) is 0 Å². The lowest BCUT2D eigenvalue weighted by atomic mass is 10.1. The van der Waals surface area contributed by atoms with Crippen molar-refractivity contribution in [2.45, 2.75) is 52.7 Å². The van der Waals surface area contributed by atoms with E-state index in [1.165, 1.54) is 0 Å². The number of hydrogen-bond donors (Lipinski definition) is 2. The zero-order chi connectivity index (χ0) is 15.8. The number of benzene rings is 1. The van der Waals surface area contributed by atoms with Gasteiger partial charge in [-0.1, -0.05) is 32.9 Å². The third-order valence-corrected chi connectivity index (χ3v) is 3.35. The van der Waals surface area contributed by atoms with E-state index in [0.717, 1.165) is 12.0 Å². The first kappa shape index (κ1) is 17.5. The standard InChI is InChI=1S/C17H27NO3/c1-5-16(19)14-6-8-15(9-7-14)21-13(4)17(20)18-11-10-12(2)3/h6-9,12-13,16,19H,5,10-11H2,1-4H3,(H,18,20)/t13?,16-/m0/s1. The number of rotatable bonds is 8. The van der Waals surface area contributed by atoms with Crippen LogP contribution in [0.15, 0.2) is 24.3 Å². The van der Waals surface area contributed by atoms with E-state index in [-0.39, 0.29) is 5.91 Å². The minimum atomic E-state index is -0.529. The lowest BCUT2D eigenvalue weighted by molar-refractivity contribution is -0.127. The van der Waals surface area contributed by atoms with Crippen LogP contribution in [-0.4, -0.2) is 23.7 Å². The normalized spacial score (nSPS) is 13.8. The predicted molar refractivity (Wildman–Crippen MR) is 84.2 cm³/mol. The van der Waals surface area contributed by atoms with E-state index in [0.29, 0.717) is 24.6 Å². The Morgan fingerprint density at radius 2 is 1.86 bits per heavy atom. The molecule has 21 heavy (non-hydrogen) atoms. The summed E-state index contributed by atoms with van der Waals surface area (Å²) in [6.45, 7) is 8.58. The Morgan fingerprint density at radius 1 is 1.24 bits per heavy atom. The zero-order valence-corrected chi connectivity index (χ0v) is 13.4. The summed E-state index contributed by atoms with van der Waals surface area (Å²) in [6, 6.07) is 7.22. The Hall–Kier alpha value is -1.55. The second kappa shape index (κ2) is 8.67. The molecule has 0 aliphatic carbocycles. The third-order valence-electron chi connectivity index (χ3n) is 3.35. The number of aliphatic hydroxyl groups is 1. The van der Waals surface area contributed by atoms with Crippen LogP contribution in [-0.2, 0) is 4.79 Å². The third kappa shape index (κ3) is 6.17. The fourth-order valence-electron chi connectivity index (χ4n) is 1.89. The Labute approximate surface area is 127 Å². The van der Waals surface area contributed by atoms with E-state index in [1.807, 2.05) is 19.1 Å². The number of amides is 1. The molecule has 1 aromatic carbocycles. The van der Waals surface area contributed by atoms with E-state index >= 15 is 0 Å². The van der Waals surface area contributed by atoms with Gasteiger partial charge in [-0.2, -0.15) is 0 Å². The molecule has 2 atom stereocenters. The molecule has 118 valence electrons. The lowest BCUT2D eigenvalue weighted by Crippen LogP contribution is -2.37. The summed E-state index contributed by atoms with van der Waals surface area (Å²) in [5.41, 5.74) is 0.860. The molecule has 1 aromatic rings. The fourth-order valence-corrected chi connectivity index (χ4v) is 1.89. The second-order valence-electron chi connectivity index (χ2n) is 5.73. The minimum Gasteiger partial charge on any atom is -0.481 e. The number of carbonyl (C=O) groups excluding carboxylic acids is 1. The number of nitrogens with one attached hydrogen (secondary N) is 1. The Balaban J connectivity index is 2.46. The van der Waals surface area contributed by atoms with Gasteiger partial charge in [-0.25, -0.2) is 0 Å². The monoisotopic (exact) mass is 293 g/mol. The molecule has 0 fully saturated rings. The molecule has 0 aliphatic rings. The average Bonchev–Trinajstić information content (AvgIpc) is 2.46. The van der Waals surface area contributed by atoms with Gasteiger partial charge in [0.25, 0.3) is 5.91 Å². The molecule has 1 unspecified atom stereocenters. The van der Waals surface area contributed by atoms with Crippen LogP contribution in [0.3, 0.4) is 0 Å². The predicted octanol–water partition coefficient (Wildman–Crippen LogP) is 3.06. The molecule has 1 rings (SSSR count). The van der Waals surface area contributed by atoms with Crippen LogP contribution in [0.25, 0.3) is 0 Å². The molecular weight excluding hydrogens is 266 g/mol. The van der Waals surface area contributed by atoms with Crippen molar-refractivity contribution < 1.29 is 14.6 Å². The highest BCUT2D eigenvalue weighted by atomic mass is 16.5. The van der Waals surface area contributed by atoms with Gasteiger partial charge in [-0.15, -0.1) is 0 Å². The summed E-state index contributed by atoms with van der Waals surface area (Å²) in [5, 5.41) is 12.6. The fraction of sp³-hybridized carbons (Fsp3) is 0.588. The summed E-state index contributed by atoms with van der Waals surface area (Å²) in [6.07, 6.45) is 0.659. The Kier molecular flexibility index (Phi) is 7.23. The number of aliphatic hydroxyl groups excluding tert-OH is 1. The van der Waals surface area contributed by atoms with Crippen molar-refractivity contribution in [1.82, 2.24) is 5.32 Å². The highest BCUT2D eigenvalue weighted by molar-refractivity contribution is 5.80. The zero-order valence-electron chi connectivity index (χ0n) is 13.4. The number of hydrogen-bond acceptors (Lipinski definition) is 3. The summed E-state index contributed by atoms with van der Waals surface area (Å²) in [5.74, 6) is 1.10. The van der Waals surface area contributed by atoms with Crippen molar-refractivity contribution in [2.75, 3.05) is 6.54 Å². The smallest absolute Gasteiger partial charge is 0.260 e. The van der Waals surface area contributed by atoms with Gasteiger partial charge in [0.15, 0.2) is 6.10 Å². The molecule has 0 radical (unpaired) electrons. The molecule has 0 saturated carbocycles. The average molecular weight is 293 g/mol. The van der Waals surface area contributed by atoms with E-state index < -0.39 is 12.2 Å². The Bertz CT molecular complexity index is 428. The van der Waals surface area contributed by atoms with Crippen LogP contribution in [0, 0.1) is 5.92 Å². The minimum absolute atomic E-state index is 0.103. The molecule has 1 amide bonds. The van der Waals surface area contributed by atoms with Crippen molar-refractivity contribution in [2.24, 2.45) is 5.92 Å². The van der Waals surface area contributed by atoms with Crippen LogP contribution in [0.5, 0.6) is 5.75 Å². The van der Waals surface area contributed by atoms with Gasteiger partial charge >= 0.3 is 0 Å². The van der Waals surface area contributed by atoms with Crippen LogP contribution in [0.1, 0.15) is 52.2 Å². The summed E-state index contributed by atoms with van der Waals surface area (Å²) < 4.78 is 5.61. The van der Waals surface area contributed by atoms with Crippen LogP contribution in [0.2, 0.25) is 0 Å². The van der Waals surface area contributed by atoms with Crippen molar-refractivity contribution in [3.05, 3.63) is 29.8 Å². The van der Waals surface area contributed by atoms with E-state index in [1.54, 1.807) is 19.1 Å². The van der Waals surface area contributed by atoms with Crippen LogP contribution in [0.4, 0.5) is 0 Å². The molecule has 4 heteroatoms. The molecule has 4 nitrogen and oxygen atoms in total. The molecule has 0 aliphatic heterocycles. The topological polar surface area (TPSA) is 58.6 Å². The molecule has 0 aromatic heterocycles. The van der Waals surface area contributed by atoms with Crippen molar-refractivity contribution in [1.29, 1.82) is 0 Å². The van der Waals surface area contributed by atoms with Crippen molar-refractivity contribution >= 4 is 5.91 Å². The van der Waals surface area contributed by atoms with Gasteiger partial charge in [0, 0.05) is 6.54 Å². The van der Waals surface area contributed by atoms with Gasteiger partial charge in [-0.05, 0) is 43.4 Å². The molecule has 0 spiro atoms. The van der Waals surface area contributed by atoms with Gasteiger partial charge in [-0.3, -0.25) is 4.79 Å². The molecule has 0 bridgehead atoms. The Morgan fingerprint density at radius 3 is 2.38 bits per heavy atom. The molecule has 0 heterocycles. The van der Waals surface area contributed by atoms with Gasteiger partial charge in [0.1, 0.15) is 5.75 Å². The first-order valence-electron chi connectivity index (χ1n) is 7.66. The highest BCUT2D eigenvalue weighted by Crippen LogP contribution is 2.20.